The minimum atomic E-state index is -0.221. The van der Waals surface area contributed by atoms with Crippen molar-refractivity contribution in [1.29, 1.82) is 0 Å². The Morgan fingerprint density at radius 3 is 2.60 bits per heavy atom. The Balaban J connectivity index is 2.04. The van der Waals surface area contributed by atoms with E-state index in [9.17, 15) is 4.79 Å². The quantitative estimate of drug-likeness (QED) is 0.823. The van der Waals surface area contributed by atoms with Gasteiger partial charge in [-0.3, -0.25) is 14.6 Å². The molecule has 25 heavy (non-hydrogen) atoms. The normalized spacial score (nSPS) is 17.9. The number of nitrogens with zero attached hydrogens (tertiary/aromatic N) is 2. The van der Waals surface area contributed by atoms with E-state index in [1.807, 2.05) is 19.2 Å². The van der Waals surface area contributed by atoms with Gasteiger partial charge in [0.15, 0.2) is 0 Å². The second-order valence-corrected chi connectivity index (χ2v) is 7.41. The third-order valence-corrected chi connectivity index (χ3v) is 5.06. The number of carbonyl (C=O) groups excluding carboxylic acids is 1. The predicted octanol–water partition coefficient (Wildman–Crippen LogP) is 2.46. The number of likely N-dealkylation sites (N-methyl/N-ethyl adjacent to an activating group) is 1. The molecule has 2 rings (SSSR count). The topological polar surface area (TPSA) is 44.8 Å². The predicted molar refractivity (Wildman–Crippen MR) is 102 cm³/mol. The monoisotopic (exact) mass is 347 g/mol. The van der Waals surface area contributed by atoms with Crippen LogP contribution in [0.4, 0.5) is 0 Å². The van der Waals surface area contributed by atoms with Gasteiger partial charge in [0.2, 0.25) is 5.91 Å². The van der Waals surface area contributed by atoms with Crippen molar-refractivity contribution in [3.05, 3.63) is 29.3 Å². The lowest BCUT2D eigenvalue weighted by Gasteiger charge is -2.34. The van der Waals surface area contributed by atoms with E-state index in [1.165, 1.54) is 5.56 Å². The molecule has 5 nitrogen and oxygen atoms in total. The van der Waals surface area contributed by atoms with E-state index in [0.717, 1.165) is 30.8 Å². The van der Waals surface area contributed by atoms with Crippen molar-refractivity contribution >= 4 is 5.91 Å². The maximum atomic E-state index is 12.8. The highest BCUT2D eigenvalue weighted by atomic mass is 16.5. The minimum Gasteiger partial charge on any atom is -0.497 e. The van der Waals surface area contributed by atoms with Gasteiger partial charge in [-0.1, -0.05) is 6.07 Å². The van der Waals surface area contributed by atoms with Gasteiger partial charge < -0.3 is 10.1 Å². The molecule has 0 radical (unpaired) electrons. The number of carbonyl (C=O) groups is 1. The van der Waals surface area contributed by atoms with Gasteiger partial charge in [0.05, 0.1) is 7.11 Å². The molecule has 1 heterocycles. The van der Waals surface area contributed by atoms with Crippen LogP contribution in [-0.2, 0) is 11.2 Å². The lowest BCUT2D eigenvalue weighted by molar-refractivity contribution is -0.126. The number of hydrogen-bond donors (Lipinski definition) is 1. The zero-order valence-corrected chi connectivity index (χ0v) is 16.5. The molecule has 0 aliphatic carbocycles. The van der Waals surface area contributed by atoms with Crippen LogP contribution in [0.3, 0.4) is 0 Å². The van der Waals surface area contributed by atoms with Crippen molar-refractivity contribution < 1.29 is 9.53 Å². The molecule has 1 aromatic rings. The third-order valence-electron chi connectivity index (χ3n) is 5.06. The SMILES string of the molecule is COc1ccc2c(c1)CCN(C)C2C(=O)NCCN(C(C)C)C(C)C. The molecule has 1 N–H and O–H groups in total. The summed E-state index contributed by atoms with van der Waals surface area (Å²) in [4.78, 5) is 17.4. The lowest BCUT2D eigenvalue weighted by atomic mass is 9.92. The maximum absolute atomic E-state index is 12.8. The van der Waals surface area contributed by atoms with E-state index in [2.05, 4.69) is 48.9 Å². The Bertz CT molecular complexity index is 578. The Labute approximate surface area is 152 Å². The summed E-state index contributed by atoms with van der Waals surface area (Å²) in [6.07, 6.45) is 0.946. The molecule has 1 aliphatic rings. The highest BCUT2D eigenvalue weighted by Gasteiger charge is 2.30. The molecule has 1 atom stereocenters. The zero-order chi connectivity index (χ0) is 18.6. The summed E-state index contributed by atoms with van der Waals surface area (Å²) in [5, 5.41) is 3.14. The Kier molecular flexibility index (Phi) is 6.85. The molecular formula is C20H33N3O2. The second-order valence-electron chi connectivity index (χ2n) is 7.41. The first-order valence-electron chi connectivity index (χ1n) is 9.25. The van der Waals surface area contributed by atoms with E-state index < -0.39 is 0 Å². The number of amides is 1. The summed E-state index contributed by atoms with van der Waals surface area (Å²) in [6, 6.07) is 6.76. The minimum absolute atomic E-state index is 0.0843. The van der Waals surface area contributed by atoms with Crippen molar-refractivity contribution in [2.75, 3.05) is 33.8 Å². The van der Waals surface area contributed by atoms with Crippen LogP contribution in [-0.4, -0.2) is 61.6 Å². The van der Waals surface area contributed by atoms with Crippen molar-refractivity contribution in [1.82, 2.24) is 15.1 Å². The van der Waals surface area contributed by atoms with Crippen molar-refractivity contribution in [2.24, 2.45) is 0 Å². The summed E-state index contributed by atoms with van der Waals surface area (Å²) >= 11 is 0. The molecule has 0 saturated carbocycles. The van der Waals surface area contributed by atoms with Gasteiger partial charge in [-0.15, -0.1) is 0 Å². The van der Waals surface area contributed by atoms with Gasteiger partial charge in [-0.2, -0.15) is 0 Å². The van der Waals surface area contributed by atoms with Crippen LogP contribution in [0.1, 0.15) is 44.9 Å². The van der Waals surface area contributed by atoms with Crippen molar-refractivity contribution in [3.8, 4) is 5.75 Å². The molecular weight excluding hydrogens is 314 g/mol. The van der Waals surface area contributed by atoms with Gasteiger partial charge >= 0.3 is 0 Å². The molecule has 1 aliphatic heterocycles. The number of rotatable bonds is 7. The Morgan fingerprint density at radius 1 is 1.32 bits per heavy atom. The Morgan fingerprint density at radius 2 is 2.00 bits per heavy atom. The van der Waals surface area contributed by atoms with E-state index in [0.29, 0.717) is 18.6 Å². The van der Waals surface area contributed by atoms with E-state index in [-0.39, 0.29) is 11.9 Å². The summed E-state index contributed by atoms with van der Waals surface area (Å²) in [7, 11) is 3.70. The molecule has 1 aromatic carbocycles. The number of fused-ring (bicyclic) bond motifs is 1. The lowest BCUT2D eigenvalue weighted by Crippen LogP contribution is -2.46. The van der Waals surface area contributed by atoms with E-state index in [1.54, 1.807) is 7.11 Å². The smallest absolute Gasteiger partial charge is 0.242 e. The molecule has 0 bridgehead atoms. The summed E-state index contributed by atoms with van der Waals surface area (Å²) in [5.74, 6) is 0.938. The zero-order valence-electron chi connectivity index (χ0n) is 16.5. The van der Waals surface area contributed by atoms with Gasteiger partial charge in [-0.05, 0) is 64.4 Å². The highest BCUT2D eigenvalue weighted by molar-refractivity contribution is 5.84. The van der Waals surface area contributed by atoms with E-state index in [4.69, 9.17) is 4.74 Å². The molecule has 140 valence electrons. The van der Waals surface area contributed by atoms with Crippen molar-refractivity contribution in [3.63, 3.8) is 0 Å². The average Bonchev–Trinajstić information content (AvgIpc) is 2.57. The van der Waals surface area contributed by atoms with Crippen LogP contribution < -0.4 is 10.1 Å². The summed E-state index contributed by atoms with van der Waals surface area (Å²) in [5.41, 5.74) is 2.31. The van der Waals surface area contributed by atoms with Crippen molar-refractivity contribution in [2.45, 2.75) is 52.2 Å². The van der Waals surface area contributed by atoms with Gasteiger partial charge in [-0.25, -0.2) is 0 Å². The average molecular weight is 348 g/mol. The van der Waals surface area contributed by atoms with Crippen LogP contribution in [0.2, 0.25) is 0 Å². The summed E-state index contributed by atoms with van der Waals surface area (Å²) in [6.45, 7) is 11.2. The first kappa shape index (κ1) is 19.7. The fraction of sp³-hybridized carbons (Fsp3) is 0.650. The maximum Gasteiger partial charge on any atom is 0.242 e. The molecule has 0 saturated heterocycles. The number of benzene rings is 1. The van der Waals surface area contributed by atoms with Crippen LogP contribution >= 0.6 is 0 Å². The number of ether oxygens (including phenoxy) is 1. The van der Waals surface area contributed by atoms with Crippen LogP contribution in [0, 0.1) is 0 Å². The van der Waals surface area contributed by atoms with Crippen LogP contribution in [0.5, 0.6) is 5.75 Å². The molecule has 1 unspecified atom stereocenters. The molecule has 5 heteroatoms. The third kappa shape index (κ3) is 4.73. The fourth-order valence-electron chi connectivity index (χ4n) is 3.71. The van der Waals surface area contributed by atoms with Gasteiger partial charge in [0, 0.05) is 31.7 Å². The second kappa shape index (κ2) is 8.68. The highest BCUT2D eigenvalue weighted by Crippen LogP contribution is 2.31. The number of methoxy groups -OCH3 is 1. The summed E-state index contributed by atoms with van der Waals surface area (Å²) < 4.78 is 5.32. The largest absolute Gasteiger partial charge is 0.497 e. The molecule has 0 fully saturated rings. The standard InChI is InChI=1S/C20H33N3O2/c1-14(2)23(15(3)4)12-10-21-20(24)19-18-8-7-17(25-6)13-16(18)9-11-22(19)5/h7-8,13-15,19H,9-12H2,1-6H3,(H,21,24). The first-order valence-corrected chi connectivity index (χ1v) is 9.25. The molecule has 0 spiro atoms. The van der Waals surface area contributed by atoms with Crippen LogP contribution in [0.25, 0.3) is 0 Å². The van der Waals surface area contributed by atoms with Crippen LogP contribution in [0.15, 0.2) is 18.2 Å². The van der Waals surface area contributed by atoms with Gasteiger partial charge in [0.25, 0.3) is 0 Å². The van der Waals surface area contributed by atoms with E-state index >= 15 is 0 Å². The van der Waals surface area contributed by atoms with Gasteiger partial charge in [0.1, 0.15) is 11.8 Å². The molecule has 1 amide bonds. The number of nitrogens with one attached hydrogen (secondary N) is 1. The molecule has 0 aromatic heterocycles. The first-order chi connectivity index (χ1) is 11.8. The Hall–Kier alpha value is -1.59. The fourth-order valence-corrected chi connectivity index (χ4v) is 3.71. The number of hydrogen-bond acceptors (Lipinski definition) is 4.